The zero-order valence-corrected chi connectivity index (χ0v) is 12.5. The van der Waals surface area contributed by atoms with Crippen LogP contribution < -0.4 is 10.6 Å². The normalized spacial score (nSPS) is 39.2. The molecule has 0 radical (unpaired) electrons. The Morgan fingerprint density at radius 3 is 2.55 bits per heavy atom. The van der Waals surface area contributed by atoms with E-state index in [4.69, 9.17) is 4.74 Å². The number of nitrogens with one attached hydrogen (secondary N) is 2. The van der Waals surface area contributed by atoms with Gasteiger partial charge in [0.2, 0.25) is 0 Å². The molecule has 2 N–H and O–H groups in total. The van der Waals surface area contributed by atoms with Crippen LogP contribution in [0.25, 0.3) is 0 Å². The Bertz CT molecular complexity index is 399. The molecule has 1 heterocycles. The van der Waals surface area contributed by atoms with E-state index in [1.54, 1.807) is 0 Å². The summed E-state index contributed by atoms with van der Waals surface area (Å²) in [7, 11) is 1.90. The Morgan fingerprint density at radius 2 is 1.90 bits per heavy atom. The summed E-state index contributed by atoms with van der Waals surface area (Å²) in [4.78, 5) is 4.47. The third-order valence-corrected chi connectivity index (χ3v) is 6.25. The first kappa shape index (κ1) is 12.9. The van der Waals surface area contributed by atoms with Crippen molar-refractivity contribution in [2.45, 2.75) is 69.6 Å². The molecule has 3 aliphatic carbocycles. The fourth-order valence-corrected chi connectivity index (χ4v) is 5.04. The number of nitrogens with zero attached hydrogens (tertiary/aromatic N) is 1. The van der Waals surface area contributed by atoms with Crippen LogP contribution in [0.1, 0.15) is 51.4 Å². The third-order valence-electron chi connectivity index (χ3n) is 6.25. The smallest absolute Gasteiger partial charge is 0.191 e. The Morgan fingerprint density at radius 1 is 1.10 bits per heavy atom. The van der Waals surface area contributed by atoms with Crippen LogP contribution in [0.3, 0.4) is 0 Å². The highest BCUT2D eigenvalue weighted by atomic mass is 16.5. The van der Waals surface area contributed by atoms with Gasteiger partial charge in [0.05, 0.1) is 6.10 Å². The van der Waals surface area contributed by atoms with E-state index in [0.29, 0.717) is 23.6 Å². The molecule has 4 aliphatic rings. The van der Waals surface area contributed by atoms with Gasteiger partial charge in [-0.1, -0.05) is 19.3 Å². The molecule has 3 atom stereocenters. The van der Waals surface area contributed by atoms with Crippen molar-refractivity contribution in [3.8, 4) is 0 Å². The van der Waals surface area contributed by atoms with Crippen molar-refractivity contribution in [3.05, 3.63) is 0 Å². The summed E-state index contributed by atoms with van der Waals surface area (Å²) in [6.07, 6.45) is 11.1. The van der Waals surface area contributed by atoms with E-state index in [-0.39, 0.29) is 0 Å². The van der Waals surface area contributed by atoms with Crippen molar-refractivity contribution in [1.82, 2.24) is 10.6 Å². The average Bonchev–Trinajstić information content (AvgIpc) is 3.03. The quantitative estimate of drug-likeness (QED) is 0.600. The Hall–Kier alpha value is -0.770. The van der Waals surface area contributed by atoms with Crippen LogP contribution >= 0.6 is 0 Å². The highest BCUT2D eigenvalue weighted by Gasteiger charge is 2.66. The minimum atomic E-state index is 0.439. The van der Waals surface area contributed by atoms with E-state index in [0.717, 1.165) is 18.5 Å². The first-order chi connectivity index (χ1) is 9.83. The maximum absolute atomic E-state index is 5.99. The number of aliphatic imine (C=N–C) groups is 1. The van der Waals surface area contributed by atoms with E-state index in [9.17, 15) is 0 Å². The fourth-order valence-electron chi connectivity index (χ4n) is 5.04. The lowest BCUT2D eigenvalue weighted by Crippen LogP contribution is -2.72. The third kappa shape index (κ3) is 1.80. The number of hydrogen-bond acceptors (Lipinski definition) is 2. The van der Waals surface area contributed by atoms with Gasteiger partial charge in [0, 0.05) is 37.1 Å². The van der Waals surface area contributed by atoms with Crippen molar-refractivity contribution in [2.75, 3.05) is 13.7 Å². The Labute approximate surface area is 121 Å². The largest absolute Gasteiger partial charge is 0.377 e. The van der Waals surface area contributed by atoms with Crippen molar-refractivity contribution < 1.29 is 4.74 Å². The summed E-state index contributed by atoms with van der Waals surface area (Å²) in [6.45, 7) is 0.962. The summed E-state index contributed by atoms with van der Waals surface area (Å²) < 4.78 is 5.99. The zero-order chi connectivity index (χ0) is 13.6. The Balaban J connectivity index is 1.41. The fraction of sp³-hybridized carbons (Fsp3) is 0.938. The maximum Gasteiger partial charge on any atom is 0.191 e. The van der Waals surface area contributed by atoms with Crippen molar-refractivity contribution in [2.24, 2.45) is 16.3 Å². The molecule has 0 amide bonds. The van der Waals surface area contributed by atoms with Crippen LogP contribution in [0.5, 0.6) is 0 Å². The van der Waals surface area contributed by atoms with Gasteiger partial charge < -0.3 is 15.4 Å². The van der Waals surface area contributed by atoms with E-state index in [1.165, 1.54) is 51.4 Å². The lowest BCUT2D eigenvalue weighted by atomic mass is 9.46. The average molecular weight is 277 g/mol. The number of hydrogen-bond donors (Lipinski definition) is 2. The van der Waals surface area contributed by atoms with Crippen LogP contribution in [0.15, 0.2) is 4.99 Å². The molecular weight excluding hydrogens is 250 g/mol. The maximum atomic E-state index is 5.99. The Kier molecular flexibility index (Phi) is 3.17. The van der Waals surface area contributed by atoms with E-state index in [2.05, 4.69) is 15.6 Å². The molecule has 0 bridgehead atoms. The number of ether oxygens (including phenoxy) is 1. The van der Waals surface area contributed by atoms with Crippen LogP contribution in [0, 0.1) is 11.3 Å². The molecule has 4 fully saturated rings. The van der Waals surface area contributed by atoms with E-state index in [1.807, 2.05) is 7.05 Å². The van der Waals surface area contributed by atoms with Gasteiger partial charge in [0.25, 0.3) is 0 Å². The van der Waals surface area contributed by atoms with Crippen molar-refractivity contribution in [3.63, 3.8) is 0 Å². The highest BCUT2D eigenvalue weighted by molar-refractivity contribution is 5.80. The van der Waals surface area contributed by atoms with Gasteiger partial charge in [0.1, 0.15) is 0 Å². The first-order valence-corrected chi connectivity index (χ1v) is 8.45. The monoisotopic (exact) mass is 277 g/mol. The lowest BCUT2D eigenvalue weighted by Gasteiger charge is -2.63. The predicted molar refractivity (Wildman–Crippen MR) is 79.8 cm³/mol. The van der Waals surface area contributed by atoms with Crippen molar-refractivity contribution in [1.29, 1.82) is 0 Å². The molecule has 20 heavy (non-hydrogen) atoms. The molecule has 112 valence electrons. The molecule has 1 saturated heterocycles. The molecule has 0 aromatic carbocycles. The molecule has 3 saturated carbocycles. The molecular formula is C16H27N3O. The van der Waals surface area contributed by atoms with Gasteiger partial charge in [-0.05, 0) is 32.1 Å². The zero-order valence-electron chi connectivity index (χ0n) is 12.5. The lowest BCUT2D eigenvalue weighted by molar-refractivity contribution is -0.171. The van der Waals surface area contributed by atoms with Crippen LogP contribution in [0.2, 0.25) is 0 Å². The van der Waals surface area contributed by atoms with Crippen LogP contribution in [-0.4, -0.2) is 37.8 Å². The minimum Gasteiger partial charge on any atom is -0.377 e. The molecule has 4 nitrogen and oxygen atoms in total. The summed E-state index contributed by atoms with van der Waals surface area (Å²) in [5.41, 5.74) is 0.439. The molecule has 1 spiro atoms. The second-order valence-corrected chi connectivity index (χ2v) is 7.15. The standard InChI is InChI=1S/C16H27N3O/c1-17-15(18-11-5-2-3-6-11)19-13-12-7-10-20-14(12)16(13)8-4-9-16/h11-14H,2-10H2,1H3,(H2,17,18,19). The topological polar surface area (TPSA) is 45.7 Å². The molecule has 3 unspecified atom stereocenters. The van der Waals surface area contributed by atoms with Gasteiger partial charge >= 0.3 is 0 Å². The van der Waals surface area contributed by atoms with Crippen LogP contribution in [0.4, 0.5) is 0 Å². The number of guanidine groups is 1. The first-order valence-electron chi connectivity index (χ1n) is 8.45. The predicted octanol–water partition coefficient (Wildman–Crippen LogP) is 2.05. The van der Waals surface area contributed by atoms with Gasteiger partial charge in [-0.3, -0.25) is 4.99 Å². The van der Waals surface area contributed by atoms with Crippen LogP contribution in [-0.2, 0) is 4.74 Å². The van der Waals surface area contributed by atoms with E-state index >= 15 is 0 Å². The number of rotatable bonds is 2. The van der Waals surface area contributed by atoms with Gasteiger partial charge in [-0.15, -0.1) is 0 Å². The van der Waals surface area contributed by atoms with Crippen molar-refractivity contribution >= 4 is 5.96 Å². The highest BCUT2D eigenvalue weighted by Crippen LogP contribution is 2.62. The summed E-state index contributed by atoms with van der Waals surface area (Å²) >= 11 is 0. The van der Waals surface area contributed by atoms with E-state index < -0.39 is 0 Å². The minimum absolute atomic E-state index is 0.439. The van der Waals surface area contributed by atoms with Gasteiger partial charge in [0.15, 0.2) is 5.96 Å². The second kappa shape index (κ2) is 4.90. The summed E-state index contributed by atoms with van der Waals surface area (Å²) in [5.74, 6) is 1.75. The van der Waals surface area contributed by atoms with Gasteiger partial charge in [-0.25, -0.2) is 0 Å². The summed E-state index contributed by atoms with van der Waals surface area (Å²) in [5, 5.41) is 7.38. The molecule has 0 aromatic heterocycles. The summed E-state index contributed by atoms with van der Waals surface area (Å²) in [6, 6.07) is 1.23. The second-order valence-electron chi connectivity index (χ2n) is 7.15. The van der Waals surface area contributed by atoms with Gasteiger partial charge in [-0.2, -0.15) is 0 Å². The molecule has 4 rings (SSSR count). The SMILES string of the molecule is CN=C(NC1CCCC1)NC1C2CCOC2C12CCC2. The molecule has 4 heteroatoms. The molecule has 0 aromatic rings. The molecule has 1 aliphatic heterocycles. The number of fused-ring (bicyclic) bond motifs is 2.